The summed E-state index contributed by atoms with van der Waals surface area (Å²) in [5.41, 5.74) is 9.78. The van der Waals surface area contributed by atoms with Crippen LogP contribution < -0.4 is 5.73 Å². The van der Waals surface area contributed by atoms with Crippen molar-refractivity contribution >= 4 is 11.0 Å². The number of aromatic amines is 1. The largest absolute Gasteiger partial charge is 0.342 e. The SMILES string of the molecule is Cc1nc2ccc(C(N(C)C)C3(CN)CC3)cc2[nH]1. The third-order valence-electron chi connectivity index (χ3n) is 4.34. The molecule has 1 saturated carbocycles. The molecule has 0 bridgehead atoms. The van der Waals surface area contributed by atoms with Gasteiger partial charge in [-0.25, -0.2) is 4.98 Å². The van der Waals surface area contributed by atoms with Crippen molar-refractivity contribution in [2.75, 3.05) is 20.6 Å². The molecule has 1 unspecified atom stereocenters. The Morgan fingerprint density at radius 1 is 1.42 bits per heavy atom. The molecule has 3 rings (SSSR count). The fourth-order valence-electron chi connectivity index (χ4n) is 3.27. The van der Waals surface area contributed by atoms with Gasteiger partial charge in [0.15, 0.2) is 0 Å². The molecule has 102 valence electrons. The Morgan fingerprint density at radius 2 is 2.16 bits per heavy atom. The first kappa shape index (κ1) is 12.6. The Kier molecular flexibility index (Phi) is 2.87. The maximum Gasteiger partial charge on any atom is 0.104 e. The van der Waals surface area contributed by atoms with Crippen LogP contribution in [0.1, 0.15) is 30.3 Å². The molecule has 3 N–H and O–H groups in total. The van der Waals surface area contributed by atoms with Crippen molar-refractivity contribution in [2.24, 2.45) is 11.1 Å². The van der Waals surface area contributed by atoms with Crippen LogP contribution in [0, 0.1) is 12.3 Å². The first-order valence-electron chi connectivity index (χ1n) is 6.88. The summed E-state index contributed by atoms with van der Waals surface area (Å²) in [5.74, 6) is 0.966. The molecule has 0 radical (unpaired) electrons. The second-order valence-electron chi connectivity index (χ2n) is 6.03. The van der Waals surface area contributed by atoms with Crippen molar-refractivity contribution in [3.8, 4) is 0 Å². The van der Waals surface area contributed by atoms with Gasteiger partial charge < -0.3 is 15.6 Å². The molecule has 0 saturated heterocycles. The van der Waals surface area contributed by atoms with Gasteiger partial charge >= 0.3 is 0 Å². The van der Waals surface area contributed by atoms with Gasteiger partial charge in [-0.2, -0.15) is 0 Å². The van der Waals surface area contributed by atoms with Crippen molar-refractivity contribution in [3.05, 3.63) is 29.6 Å². The van der Waals surface area contributed by atoms with E-state index in [1.54, 1.807) is 0 Å². The minimum absolute atomic E-state index is 0.270. The number of nitrogens with one attached hydrogen (secondary N) is 1. The molecule has 0 aliphatic heterocycles. The lowest BCUT2D eigenvalue weighted by Gasteiger charge is -2.32. The minimum atomic E-state index is 0.270. The second kappa shape index (κ2) is 4.32. The molecule has 1 fully saturated rings. The normalized spacial score (nSPS) is 19.0. The van der Waals surface area contributed by atoms with E-state index in [0.717, 1.165) is 23.4 Å². The zero-order valence-electron chi connectivity index (χ0n) is 11.9. The summed E-state index contributed by atoms with van der Waals surface area (Å²) in [6.07, 6.45) is 2.46. The smallest absolute Gasteiger partial charge is 0.104 e. The van der Waals surface area contributed by atoms with Crippen LogP contribution in [0.3, 0.4) is 0 Å². The van der Waals surface area contributed by atoms with E-state index in [4.69, 9.17) is 5.73 Å². The van der Waals surface area contributed by atoms with Crippen LogP contribution in [0.15, 0.2) is 18.2 Å². The second-order valence-corrected chi connectivity index (χ2v) is 6.03. The van der Waals surface area contributed by atoms with E-state index >= 15 is 0 Å². The monoisotopic (exact) mass is 258 g/mol. The third-order valence-corrected chi connectivity index (χ3v) is 4.34. The van der Waals surface area contributed by atoms with E-state index < -0.39 is 0 Å². The number of fused-ring (bicyclic) bond motifs is 1. The van der Waals surface area contributed by atoms with Crippen LogP contribution in [0.2, 0.25) is 0 Å². The number of aromatic nitrogens is 2. The van der Waals surface area contributed by atoms with E-state index in [0.29, 0.717) is 6.04 Å². The molecule has 1 heterocycles. The third kappa shape index (κ3) is 2.05. The number of imidazole rings is 1. The fourth-order valence-corrected chi connectivity index (χ4v) is 3.27. The molecule has 1 aromatic heterocycles. The van der Waals surface area contributed by atoms with Crippen molar-refractivity contribution in [3.63, 3.8) is 0 Å². The average molecular weight is 258 g/mol. The van der Waals surface area contributed by atoms with Crippen LogP contribution in [0.25, 0.3) is 11.0 Å². The minimum Gasteiger partial charge on any atom is -0.342 e. The molecule has 2 aromatic rings. The molecule has 0 amide bonds. The van der Waals surface area contributed by atoms with Crippen LogP contribution in [-0.2, 0) is 0 Å². The lowest BCUT2D eigenvalue weighted by molar-refractivity contribution is 0.198. The summed E-state index contributed by atoms with van der Waals surface area (Å²) in [6, 6.07) is 6.93. The van der Waals surface area contributed by atoms with Gasteiger partial charge in [0.2, 0.25) is 0 Å². The van der Waals surface area contributed by atoms with Gasteiger partial charge in [0.25, 0.3) is 0 Å². The van der Waals surface area contributed by atoms with Gasteiger partial charge in [0, 0.05) is 11.5 Å². The van der Waals surface area contributed by atoms with Crippen molar-refractivity contribution in [1.82, 2.24) is 14.9 Å². The van der Waals surface area contributed by atoms with Gasteiger partial charge in [-0.3, -0.25) is 0 Å². The van der Waals surface area contributed by atoms with E-state index in [9.17, 15) is 0 Å². The Balaban J connectivity index is 2.05. The molecule has 0 spiro atoms. The first-order chi connectivity index (χ1) is 9.05. The highest BCUT2D eigenvalue weighted by atomic mass is 15.1. The molecule has 1 aliphatic carbocycles. The molecule has 1 aromatic carbocycles. The van der Waals surface area contributed by atoms with Gasteiger partial charge in [0.1, 0.15) is 5.82 Å². The van der Waals surface area contributed by atoms with E-state index in [2.05, 4.69) is 47.2 Å². The molecular weight excluding hydrogens is 236 g/mol. The van der Waals surface area contributed by atoms with Gasteiger partial charge in [0.05, 0.1) is 11.0 Å². The van der Waals surface area contributed by atoms with Crippen LogP contribution in [0.5, 0.6) is 0 Å². The molecule has 1 atom stereocenters. The van der Waals surface area contributed by atoms with Crippen LogP contribution in [-0.4, -0.2) is 35.5 Å². The number of H-pyrrole nitrogens is 1. The summed E-state index contributed by atoms with van der Waals surface area (Å²) < 4.78 is 0. The summed E-state index contributed by atoms with van der Waals surface area (Å²) in [7, 11) is 4.28. The number of nitrogens with zero attached hydrogens (tertiary/aromatic N) is 2. The number of nitrogens with two attached hydrogens (primary N) is 1. The number of hydrogen-bond donors (Lipinski definition) is 2. The van der Waals surface area contributed by atoms with Crippen molar-refractivity contribution in [1.29, 1.82) is 0 Å². The molecule has 1 aliphatic rings. The number of aryl methyl sites for hydroxylation is 1. The van der Waals surface area contributed by atoms with Gasteiger partial charge in [-0.15, -0.1) is 0 Å². The molecular formula is C15H22N4. The molecule has 4 nitrogen and oxygen atoms in total. The molecule has 19 heavy (non-hydrogen) atoms. The van der Waals surface area contributed by atoms with E-state index in [1.807, 2.05) is 6.92 Å². The predicted molar refractivity (Wildman–Crippen MR) is 78.0 cm³/mol. The first-order valence-corrected chi connectivity index (χ1v) is 6.88. The average Bonchev–Trinajstić information content (AvgIpc) is 3.04. The van der Waals surface area contributed by atoms with E-state index in [1.165, 1.54) is 18.4 Å². The Bertz CT molecular complexity index is 595. The van der Waals surface area contributed by atoms with E-state index in [-0.39, 0.29) is 5.41 Å². The lowest BCUT2D eigenvalue weighted by Crippen LogP contribution is -2.33. The van der Waals surface area contributed by atoms with Crippen molar-refractivity contribution < 1.29 is 0 Å². The Labute approximate surface area is 114 Å². The van der Waals surface area contributed by atoms with Gasteiger partial charge in [-0.05, 0) is 58.1 Å². The highest BCUT2D eigenvalue weighted by Gasteiger charge is 2.49. The Hall–Kier alpha value is -1.39. The topological polar surface area (TPSA) is 57.9 Å². The predicted octanol–water partition coefficient (Wildman–Crippen LogP) is 2.21. The summed E-state index contributed by atoms with van der Waals surface area (Å²) in [5, 5.41) is 0. The highest BCUT2D eigenvalue weighted by Crippen LogP contribution is 2.56. The van der Waals surface area contributed by atoms with Gasteiger partial charge in [-0.1, -0.05) is 6.07 Å². The molecule has 4 heteroatoms. The number of hydrogen-bond acceptors (Lipinski definition) is 3. The summed E-state index contributed by atoms with van der Waals surface area (Å²) in [4.78, 5) is 10.1. The zero-order chi connectivity index (χ0) is 13.6. The van der Waals surface area contributed by atoms with Crippen LogP contribution in [0.4, 0.5) is 0 Å². The maximum absolute atomic E-state index is 6.01. The maximum atomic E-state index is 6.01. The zero-order valence-corrected chi connectivity index (χ0v) is 11.9. The fraction of sp³-hybridized carbons (Fsp3) is 0.533. The summed E-state index contributed by atoms with van der Waals surface area (Å²) in [6.45, 7) is 2.75. The summed E-state index contributed by atoms with van der Waals surface area (Å²) >= 11 is 0. The standard InChI is InChI=1S/C15H22N4/c1-10-17-12-5-4-11(8-13(12)18-10)14(19(2)3)15(9-16)6-7-15/h4-5,8,14H,6-7,9,16H2,1-3H3,(H,17,18). The Morgan fingerprint density at radius 3 is 2.74 bits per heavy atom. The highest BCUT2D eigenvalue weighted by molar-refractivity contribution is 5.76. The number of benzene rings is 1. The quantitative estimate of drug-likeness (QED) is 0.884. The van der Waals surface area contributed by atoms with Crippen molar-refractivity contribution in [2.45, 2.75) is 25.8 Å². The number of rotatable bonds is 4. The van der Waals surface area contributed by atoms with Crippen LogP contribution >= 0.6 is 0 Å². The lowest BCUT2D eigenvalue weighted by atomic mass is 9.89.